The van der Waals surface area contributed by atoms with Crippen molar-refractivity contribution in [3.63, 3.8) is 0 Å². The average Bonchev–Trinajstić information content (AvgIpc) is 2.46. The molecule has 19 heavy (non-hydrogen) atoms. The van der Waals surface area contributed by atoms with E-state index in [4.69, 9.17) is 4.74 Å². The highest BCUT2D eigenvalue weighted by Gasteiger charge is 2.10. The maximum Gasteiger partial charge on any atom is 0.126 e. The number of rotatable bonds is 4. The van der Waals surface area contributed by atoms with Gasteiger partial charge in [0, 0.05) is 38.0 Å². The summed E-state index contributed by atoms with van der Waals surface area (Å²) in [6, 6.07) is 7.95. The van der Waals surface area contributed by atoms with Crippen molar-refractivity contribution < 1.29 is 4.74 Å². The number of allylic oxidation sites excluding steroid dienone is 1. The van der Waals surface area contributed by atoms with E-state index in [1.807, 2.05) is 42.6 Å². The van der Waals surface area contributed by atoms with Crippen LogP contribution in [0.5, 0.6) is 5.75 Å². The second kappa shape index (κ2) is 6.95. The molecule has 0 N–H and O–H groups in total. The van der Waals surface area contributed by atoms with E-state index in [2.05, 4.69) is 22.1 Å². The van der Waals surface area contributed by atoms with Crippen molar-refractivity contribution >= 4 is 12.3 Å². The van der Waals surface area contributed by atoms with Crippen molar-refractivity contribution in [3.8, 4) is 5.75 Å². The third-order valence-electron chi connectivity index (χ3n) is 3.21. The maximum absolute atomic E-state index is 5.29. The Morgan fingerprint density at radius 3 is 2.63 bits per heavy atom. The SMILES string of the molecule is COc1ccccc1/C=C/C=N/N1CCN(C)CC1. The van der Waals surface area contributed by atoms with Crippen LogP contribution in [-0.4, -0.2) is 56.5 Å². The molecule has 0 atom stereocenters. The monoisotopic (exact) mass is 259 g/mol. The normalized spacial score (nSPS) is 17.5. The van der Waals surface area contributed by atoms with Crippen LogP contribution in [0.1, 0.15) is 5.56 Å². The summed E-state index contributed by atoms with van der Waals surface area (Å²) in [4.78, 5) is 2.32. The molecule has 0 aromatic heterocycles. The van der Waals surface area contributed by atoms with Gasteiger partial charge in [0.25, 0.3) is 0 Å². The van der Waals surface area contributed by atoms with Gasteiger partial charge in [0.15, 0.2) is 0 Å². The molecule has 1 heterocycles. The van der Waals surface area contributed by atoms with E-state index in [1.54, 1.807) is 7.11 Å². The van der Waals surface area contributed by atoms with Crippen LogP contribution in [0.25, 0.3) is 6.08 Å². The summed E-state index contributed by atoms with van der Waals surface area (Å²) in [5.41, 5.74) is 1.06. The Kier molecular flexibility index (Phi) is 4.98. The van der Waals surface area contributed by atoms with Gasteiger partial charge >= 0.3 is 0 Å². The Bertz CT molecular complexity index is 448. The molecule has 1 aliphatic rings. The third-order valence-corrected chi connectivity index (χ3v) is 3.21. The average molecular weight is 259 g/mol. The number of hydrogen-bond acceptors (Lipinski definition) is 4. The molecular weight excluding hydrogens is 238 g/mol. The van der Waals surface area contributed by atoms with E-state index < -0.39 is 0 Å². The molecule has 0 unspecified atom stereocenters. The minimum absolute atomic E-state index is 0.881. The number of ether oxygens (including phenoxy) is 1. The number of hydrogen-bond donors (Lipinski definition) is 0. The lowest BCUT2D eigenvalue weighted by atomic mass is 10.2. The molecule has 0 spiro atoms. The molecule has 0 radical (unpaired) electrons. The van der Waals surface area contributed by atoms with Crippen LogP contribution in [0, 0.1) is 0 Å². The summed E-state index contributed by atoms with van der Waals surface area (Å²) in [7, 11) is 3.83. The Hall–Kier alpha value is -1.81. The zero-order valence-corrected chi connectivity index (χ0v) is 11.6. The Balaban J connectivity index is 1.89. The van der Waals surface area contributed by atoms with E-state index in [9.17, 15) is 0 Å². The van der Waals surface area contributed by atoms with Gasteiger partial charge in [-0.2, -0.15) is 5.10 Å². The van der Waals surface area contributed by atoms with Crippen LogP contribution < -0.4 is 4.74 Å². The van der Waals surface area contributed by atoms with E-state index in [0.717, 1.165) is 37.5 Å². The van der Waals surface area contributed by atoms with Crippen LogP contribution in [0.2, 0.25) is 0 Å². The highest BCUT2D eigenvalue weighted by Crippen LogP contribution is 2.18. The first-order valence-corrected chi connectivity index (χ1v) is 6.57. The van der Waals surface area contributed by atoms with Crippen molar-refractivity contribution in [1.29, 1.82) is 0 Å². The topological polar surface area (TPSA) is 28.1 Å². The first-order chi connectivity index (χ1) is 9.29. The van der Waals surface area contributed by atoms with Crippen LogP contribution in [0.15, 0.2) is 35.4 Å². The minimum atomic E-state index is 0.881. The van der Waals surface area contributed by atoms with Gasteiger partial charge in [0.1, 0.15) is 5.75 Å². The maximum atomic E-state index is 5.29. The number of nitrogens with zero attached hydrogens (tertiary/aromatic N) is 3. The van der Waals surface area contributed by atoms with Gasteiger partial charge in [-0.1, -0.05) is 18.2 Å². The predicted molar refractivity (Wildman–Crippen MR) is 79.6 cm³/mol. The highest BCUT2D eigenvalue weighted by atomic mass is 16.5. The first kappa shape index (κ1) is 13.6. The van der Waals surface area contributed by atoms with E-state index in [0.29, 0.717) is 0 Å². The number of piperazine rings is 1. The Morgan fingerprint density at radius 1 is 1.16 bits per heavy atom. The molecule has 4 heteroatoms. The third kappa shape index (κ3) is 4.10. The summed E-state index contributed by atoms with van der Waals surface area (Å²) >= 11 is 0. The summed E-state index contributed by atoms with van der Waals surface area (Å²) in [6.45, 7) is 4.14. The second-order valence-electron chi connectivity index (χ2n) is 4.62. The zero-order chi connectivity index (χ0) is 13.5. The molecule has 1 fully saturated rings. The fraction of sp³-hybridized carbons (Fsp3) is 0.400. The van der Waals surface area contributed by atoms with Crippen molar-refractivity contribution in [2.45, 2.75) is 0 Å². The standard InChI is InChI=1S/C15H21N3O/c1-17-10-12-18(13-11-17)16-9-5-7-14-6-3-4-8-15(14)19-2/h3-9H,10-13H2,1-2H3/b7-5+,16-9+. The second-order valence-corrected chi connectivity index (χ2v) is 4.62. The zero-order valence-electron chi connectivity index (χ0n) is 11.6. The van der Waals surface area contributed by atoms with Crippen molar-refractivity contribution in [2.75, 3.05) is 40.3 Å². The first-order valence-electron chi connectivity index (χ1n) is 6.57. The molecule has 1 aliphatic heterocycles. The number of hydrazone groups is 1. The predicted octanol–water partition coefficient (Wildman–Crippen LogP) is 1.94. The van der Waals surface area contributed by atoms with Crippen LogP contribution in [-0.2, 0) is 0 Å². The quantitative estimate of drug-likeness (QED) is 0.774. The van der Waals surface area contributed by atoms with Crippen molar-refractivity contribution in [2.24, 2.45) is 5.10 Å². The van der Waals surface area contributed by atoms with Gasteiger partial charge < -0.3 is 9.64 Å². The molecule has 0 bridgehead atoms. The molecular formula is C15H21N3O. The van der Waals surface area contributed by atoms with Gasteiger partial charge in [-0.05, 0) is 25.3 Å². The number of likely N-dealkylation sites (N-methyl/N-ethyl adjacent to an activating group) is 1. The van der Waals surface area contributed by atoms with Gasteiger partial charge in [-0.15, -0.1) is 0 Å². The van der Waals surface area contributed by atoms with Crippen LogP contribution in [0.4, 0.5) is 0 Å². The summed E-state index contributed by atoms with van der Waals surface area (Å²) in [6.07, 6.45) is 5.81. The summed E-state index contributed by atoms with van der Waals surface area (Å²) < 4.78 is 5.29. The van der Waals surface area contributed by atoms with Crippen molar-refractivity contribution in [3.05, 3.63) is 35.9 Å². The number of benzene rings is 1. The van der Waals surface area contributed by atoms with Gasteiger partial charge in [0.2, 0.25) is 0 Å². The largest absolute Gasteiger partial charge is 0.496 e. The van der Waals surface area contributed by atoms with Gasteiger partial charge in [-0.25, -0.2) is 0 Å². The lowest BCUT2D eigenvalue weighted by Gasteiger charge is -2.30. The molecule has 1 saturated heterocycles. The minimum Gasteiger partial charge on any atom is -0.496 e. The lowest BCUT2D eigenvalue weighted by molar-refractivity contribution is 0.160. The number of methoxy groups -OCH3 is 1. The molecule has 1 aromatic rings. The van der Waals surface area contributed by atoms with E-state index in [1.165, 1.54) is 0 Å². The van der Waals surface area contributed by atoms with Crippen molar-refractivity contribution in [1.82, 2.24) is 9.91 Å². The fourth-order valence-corrected chi connectivity index (χ4v) is 1.99. The molecule has 4 nitrogen and oxygen atoms in total. The molecule has 102 valence electrons. The Labute approximate surface area is 115 Å². The lowest BCUT2D eigenvalue weighted by Crippen LogP contribution is -2.41. The molecule has 1 aromatic carbocycles. The Morgan fingerprint density at radius 2 is 1.89 bits per heavy atom. The summed E-state index contributed by atoms with van der Waals surface area (Å²) in [5.74, 6) is 0.881. The number of para-hydroxylation sites is 1. The fourth-order valence-electron chi connectivity index (χ4n) is 1.99. The molecule has 2 rings (SSSR count). The van der Waals surface area contributed by atoms with Crippen LogP contribution >= 0.6 is 0 Å². The molecule has 0 amide bonds. The van der Waals surface area contributed by atoms with Gasteiger partial charge in [0.05, 0.1) is 7.11 Å². The van der Waals surface area contributed by atoms with E-state index in [-0.39, 0.29) is 0 Å². The van der Waals surface area contributed by atoms with E-state index >= 15 is 0 Å². The summed E-state index contributed by atoms with van der Waals surface area (Å²) in [5, 5.41) is 6.55. The smallest absolute Gasteiger partial charge is 0.126 e. The molecule has 0 aliphatic carbocycles. The molecule has 0 saturated carbocycles. The van der Waals surface area contributed by atoms with Gasteiger partial charge in [-0.3, -0.25) is 5.01 Å². The van der Waals surface area contributed by atoms with Crippen LogP contribution in [0.3, 0.4) is 0 Å². The highest BCUT2D eigenvalue weighted by molar-refractivity contribution is 5.79.